The van der Waals surface area contributed by atoms with Crippen molar-refractivity contribution in [2.75, 3.05) is 40.4 Å². The van der Waals surface area contributed by atoms with Crippen LogP contribution < -0.4 is 14.4 Å². The molecule has 138 valence electrons. The van der Waals surface area contributed by atoms with Crippen LogP contribution >= 0.6 is 0 Å². The lowest BCUT2D eigenvalue weighted by molar-refractivity contribution is -0.917. The van der Waals surface area contributed by atoms with E-state index in [1.807, 2.05) is 11.0 Å². The van der Waals surface area contributed by atoms with Gasteiger partial charge in [0.05, 0.1) is 40.4 Å². The van der Waals surface area contributed by atoms with Crippen molar-refractivity contribution in [2.24, 2.45) is 0 Å². The second-order valence-electron chi connectivity index (χ2n) is 6.42. The average Bonchev–Trinajstić information content (AvgIpc) is 2.68. The smallest absolute Gasteiger partial charge is 0.254 e. The summed E-state index contributed by atoms with van der Waals surface area (Å²) in [5.41, 5.74) is 1.61. The van der Waals surface area contributed by atoms with Crippen LogP contribution in [0.4, 0.5) is 4.39 Å². The van der Waals surface area contributed by atoms with Crippen molar-refractivity contribution in [3.05, 3.63) is 59.4 Å². The van der Waals surface area contributed by atoms with Crippen molar-refractivity contribution in [1.29, 1.82) is 0 Å². The lowest BCUT2D eigenvalue weighted by Gasteiger charge is -2.32. The fraction of sp³-hybridized carbons (Fsp3) is 0.350. The second-order valence-corrected chi connectivity index (χ2v) is 6.42. The predicted molar refractivity (Wildman–Crippen MR) is 96.3 cm³/mol. The highest BCUT2D eigenvalue weighted by molar-refractivity contribution is 5.94. The van der Waals surface area contributed by atoms with E-state index in [9.17, 15) is 9.18 Å². The molecule has 0 radical (unpaired) electrons. The van der Waals surface area contributed by atoms with Gasteiger partial charge in [-0.25, -0.2) is 4.39 Å². The molecule has 1 aliphatic rings. The van der Waals surface area contributed by atoms with Crippen LogP contribution in [0.5, 0.6) is 11.5 Å². The minimum atomic E-state index is -0.335. The van der Waals surface area contributed by atoms with Gasteiger partial charge >= 0.3 is 0 Å². The van der Waals surface area contributed by atoms with Gasteiger partial charge in [0.2, 0.25) is 0 Å². The Kier molecular flexibility index (Phi) is 5.73. The molecular formula is C20H24FN2O3+. The van der Waals surface area contributed by atoms with Crippen LogP contribution in [0, 0.1) is 5.82 Å². The van der Waals surface area contributed by atoms with Crippen molar-refractivity contribution < 1.29 is 23.6 Å². The van der Waals surface area contributed by atoms with Crippen LogP contribution in [0.15, 0.2) is 42.5 Å². The number of hydrogen-bond acceptors (Lipinski definition) is 3. The maximum absolute atomic E-state index is 13.8. The van der Waals surface area contributed by atoms with Crippen molar-refractivity contribution in [1.82, 2.24) is 4.90 Å². The van der Waals surface area contributed by atoms with Gasteiger partial charge in [-0.15, -0.1) is 0 Å². The van der Waals surface area contributed by atoms with Crippen LogP contribution in [-0.2, 0) is 6.54 Å². The van der Waals surface area contributed by atoms with Gasteiger partial charge in [-0.3, -0.25) is 4.79 Å². The topological polar surface area (TPSA) is 43.2 Å². The van der Waals surface area contributed by atoms with Gasteiger partial charge in [0, 0.05) is 11.1 Å². The normalized spacial score (nSPS) is 15.0. The summed E-state index contributed by atoms with van der Waals surface area (Å²) in [6.07, 6.45) is 0. The highest BCUT2D eigenvalue weighted by Crippen LogP contribution is 2.17. The highest BCUT2D eigenvalue weighted by Gasteiger charge is 2.24. The van der Waals surface area contributed by atoms with Gasteiger partial charge in [-0.2, -0.15) is 0 Å². The van der Waals surface area contributed by atoms with Crippen molar-refractivity contribution >= 4 is 5.91 Å². The van der Waals surface area contributed by atoms with E-state index in [2.05, 4.69) is 0 Å². The molecule has 0 spiro atoms. The van der Waals surface area contributed by atoms with Crippen LogP contribution in [-0.4, -0.2) is 51.2 Å². The number of benzene rings is 2. The number of carbonyl (C=O) groups excluding carboxylic acids is 1. The standard InChI is InChI=1S/C20H23FN2O3/c1-25-17-6-4-16(5-7-17)20(24)23-11-9-22(10-12-23)14-15-3-8-19(26-2)18(21)13-15/h3-8,13H,9-12,14H2,1-2H3/p+1. The van der Waals surface area contributed by atoms with E-state index in [0.717, 1.165) is 30.9 Å². The Balaban J connectivity index is 1.55. The number of piperazine rings is 1. The number of nitrogens with one attached hydrogen (secondary N) is 1. The van der Waals surface area contributed by atoms with Gasteiger partial charge in [-0.05, 0) is 42.5 Å². The number of quaternary nitrogens is 1. The molecule has 1 N–H and O–H groups in total. The third-order valence-electron chi connectivity index (χ3n) is 4.77. The van der Waals surface area contributed by atoms with E-state index in [1.54, 1.807) is 37.4 Å². The summed E-state index contributed by atoms with van der Waals surface area (Å²) in [5.74, 6) is 0.709. The molecule has 1 saturated heterocycles. The first-order valence-corrected chi connectivity index (χ1v) is 8.70. The molecule has 0 atom stereocenters. The van der Waals surface area contributed by atoms with Crippen LogP contribution in [0.3, 0.4) is 0 Å². The molecular weight excluding hydrogens is 335 g/mol. The van der Waals surface area contributed by atoms with E-state index in [4.69, 9.17) is 9.47 Å². The summed E-state index contributed by atoms with van der Waals surface area (Å²) in [7, 11) is 3.07. The minimum absolute atomic E-state index is 0.0437. The summed E-state index contributed by atoms with van der Waals surface area (Å²) in [4.78, 5) is 15.8. The Hall–Kier alpha value is -2.60. The van der Waals surface area contributed by atoms with E-state index < -0.39 is 0 Å². The molecule has 0 bridgehead atoms. The number of methoxy groups -OCH3 is 2. The summed E-state index contributed by atoms with van der Waals surface area (Å²) in [6, 6.07) is 12.3. The Morgan fingerprint density at radius 2 is 1.77 bits per heavy atom. The van der Waals surface area contributed by atoms with Gasteiger partial charge in [0.25, 0.3) is 5.91 Å². The fourth-order valence-corrected chi connectivity index (χ4v) is 3.23. The van der Waals surface area contributed by atoms with Crippen molar-refractivity contribution in [2.45, 2.75) is 6.54 Å². The van der Waals surface area contributed by atoms with E-state index in [1.165, 1.54) is 18.1 Å². The molecule has 0 unspecified atom stereocenters. The third-order valence-corrected chi connectivity index (χ3v) is 4.77. The number of hydrogen-bond donors (Lipinski definition) is 1. The highest BCUT2D eigenvalue weighted by atomic mass is 19.1. The third kappa shape index (κ3) is 4.14. The van der Waals surface area contributed by atoms with Crippen LogP contribution in [0.1, 0.15) is 15.9 Å². The summed E-state index contributed by atoms with van der Waals surface area (Å²) >= 11 is 0. The quantitative estimate of drug-likeness (QED) is 0.877. The number of ether oxygens (including phenoxy) is 2. The molecule has 1 aliphatic heterocycles. The largest absolute Gasteiger partial charge is 0.497 e. The second kappa shape index (κ2) is 8.19. The van der Waals surface area contributed by atoms with Gasteiger partial charge < -0.3 is 19.3 Å². The molecule has 5 nitrogen and oxygen atoms in total. The maximum Gasteiger partial charge on any atom is 0.254 e. The zero-order valence-electron chi connectivity index (χ0n) is 15.1. The first kappa shape index (κ1) is 18.2. The molecule has 0 saturated carbocycles. The molecule has 1 amide bonds. The number of carbonyl (C=O) groups is 1. The first-order valence-electron chi connectivity index (χ1n) is 8.70. The molecule has 1 fully saturated rings. The van der Waals surface area contributed by atoms with Crippen molar-refractivity contribution in [3.8, 4) is 11.5 Å². The zero-order chi connectivity index (χ0) is 18.5. The Morgan fingerprint density at radius 1 is 1.08 bits per heavy atom. The predicted octanol–water partition coefficient (Wildman–Crippen LogP) is 1.38. The molecule has 26 heavy (non-hydrogen) atoms. The minimum Gasteiger partial charge on any atom is -0.497 e. The lowest BCUT2D eigenvalue weighted by Crippen LogP contribution is -3.13. The number of rotatable bonds is 5. The number of nitrogens with zero attached hydrogens (tertiary/aromatic N) is 1. The zero-order valence-corrected chi connectivity index (χ0v) is 15.1. The molecule has 0 aromatic heterocycles. The molecule has 2 aromatic carbocycles. The monoisotopic (exact) mass is 359 g/mol. The van der Waals surface area contributed by atoms with E-state index >= 15 is 0 Å². The van der Waals surface area contributed by atoms with Gasteiger partial charge in [0.15, 0.2) is 11.6 Å². The Bertz CT molecular complexity index is 756. The van der Waals surface area contributed by atoms with E-state index in [0.29, 0.717) is 18.7 Å². The van der Waals surface area contributed by atoms with Crippen LogP contribution in [0.25, 0.3) is 0 Å². The maximum atomic E-state index is 13.8. The Labute approximate surface area is 152 Å². The molecule has 3 rings (SSSR count). The van der Waals surface area contributed by atoms with Crippen molar-refractivity contribution in [3.63, 3.8) is 0 Å². The number of amides is 1. The number of halogens is 1. The molecule has 6 heteroatoms. The Morgan fingerprint density at radius 3 is 2.35 bits per heavy atom. The van der Waals surface area contributed by atoms with Gasteiger partial charge in [-0.1, -0.05) is 0 Å². The molecule has 2 aromatic rings. The average molecular weight is 359 g/mol. The summed E-state index contributed by atoms with van der Waals surface area (Å²) in [6.45, 7) is 3.81. The first-order chi connectivity index (χ1) is 12.6. The summed E-state index contributed by atoms with van der Waals surface area (Å²) < 4.78 is 23.9. The van der Waals surface area contributed by atoms with Gasteiger partial charge in [0.1, 0.15) is 12.3 Å². The molecule has 1 heterocycles. The molecule has 0 aliphatic carbocycles. The SMILES string of the molecule is COc1ccc(C(=O)N2CC[NH+](Cc3ccc(OC)c(F)c3)CC2)cc1. The van der Waals surface area contributed by atoms with E-state index in [-0.39, 0.29) is 17.5 Å². The lowest BCUT2D eigenvalue weighted by atomic mass is 10.1. The summed E-state index contributed by atoms with van der Waals surface area (Å²) in [5, 5.41) is 0. The fourth-order valence-electron chi connectivity index (χ4n) is 3.23. The van der Waals surface area contributed by atoms with Crippen LogP contribution in [0.2, 0.25) is 0 Å².